The van der Waals surface area contributed by atoms with Crippen molar-refractivity contribution in [2.45, 2.75) is 44.3 Å². The Morgan fingerprint density at radius 1 is 1.03 bits per heavy atom. The van der Waals surface area contributed by atoms with Gasteiger partial charge in [0.1, 0.15) is 5.60 Å². The lowest BCUT2D eigenvalue weighted by atomic mass is 9.83. The molecule has 0 radical (unpaired) electrons. The van der Waals surface area contributed by atoms with Crippen LogP contribution in [0.2, 0.25) is 10.0 Å². The highest BCUT2D eigenvalue weighted by Crippen LogP contribution is 2.42. The minimum Gasteiger partial charge on any atom is -1.00 e. The molecular weight excluding hydrogens is 539 g/mol. The standard InChI is InChI=1S/C31H34Cl2N2O2.ClH/c1-22-7-3-5-9-26(22)30(36)34(2)20-24(23-11-12-28(32)29(33)19-23)13-16-35-17-14-31(15-18-35)27-10-6-4-8-25(27)21-37-31;/h3-12,19,24H,13-18,20-21H2,1-2H3;1H. The van der Waals surface area contributed by atoms with Crippen LogP contribution in [0.1, 0.15) is 57.8 Å². The third-order valence-corrected chi connectivity index (χ3v) is 8.99. The Hall–Kier alpha value is -2.08. The van der Waals surface area contributed by atoms with Crippen LogP contribution in [0.3, 0.4) is 0 Å². The van der Waals surface area contributed by atoms with E-state index in [4.69, 9.17) is 27.9 Å². The van der Waals surface area contributed by atoms with Gasteiger partial charge in [-0.15, -0.1) is 0 Å². The van der Waals surface area contributed by atoms with Crippen molar-refractivity contribution in [1.29, 1.82) is 0 Å². The fourth-order valence-corrected chi connectivity index (χ4v) is 6.30. The van der Waals surface area contributed by atoms with Crippen molar-refractivity contribution in [1.82, 2.24) is 4.90 Å². The molecule has 0 aromatic heterocycles. The van der Waals surface area contributed by atoms with Gasteiger partial charge in [-0.25, -0.2) is 0 Å². The summed E-state index contributed by atoms with van der Waals surface area (Å²) < 4.78 is 6.37. The molecule has 1 spiro atoms. The molecule has 3 aromatic carbocycles. The van der Waals surface area contributed by atoms with E-state index in [2.05, 4.69) is 30.3 Å². The zero-order valence-electron chi connectivity index (χ0n) is 22.0. The number of quaternary nitrogens is 1. The number of aryl methyl sites for hydroxylation is 1. The van der Waals surface area contributed by atoms with Gasteiger partial charge in [-0.1, -0.05) is 71.7 Å². The Labute approximate surface area is 242 Å². The van der Waals surface area contributed by atoms with Crippen molar-refractivity contribution in [3.8, 4) is 0 Å². The van der Waals surface area contributed by atoms with Gasteiger partial charge in [-0.3, -0.25) is 4.79 Å². The van der Waals surface area contributed by atoms with Crippen LogP contribution < -0.4 is 17.3 Å². The number of halogens is 3. The number of amides is 1. The molecule has 1 N–H and O–H groups in total. The van der Waals surface area contributed by atoms with E-state index in [1.54, 1.807) is 4.90 Å². The van der Waals surface area contributed by atoms with E-state index in [1.165, 1.54) is 11.1 Å². The van der Waals surface area contributed by atoms with Crippen LogP contribution in [-0.2, 0) is 16.9 Å². The number of hydrogen-bond acceptors (Lipinski definition) is 2. The Morgan fingerprint density at radius 2 is 1.74 bits per heavy atom. The van der Waals surface area contributed by atoms with Crippen LogP contribution in [0.5, 0.6) is 0 Å². The van der Waals surface area contributed by atoms with Gasteiger partial charge in [0.2, 0.25) is 0 Å². The summed E-state index contributed by atoms with van der Waals surface area (Å²) in [6, 6.07) is 22.3. The van der Waals surface area contributed by atoms with Gasteiger partial charge in [-0.05, 0) is 47.4 Å². The second-order valence-electron chi connectivity index (χ2n) is 10.6. The molecule has 0 saturated carbocycles. The number of nitrogens with one attached hydrogen (secondary N) is 1. The van der Waals surface area contributed by atoms with E-state index < -0.39 is 0 Å². The molecule has 0 aliphatic carbocycles. The largest absolute Gasteiger partial charge is 1.00 e. The molecule has 7 heteroatoms. The summed E-state index contributed by atoms with van der Waals surface area (Å²) in [4.78, 5) is 16.7. The minimum absolute atomic E-state index is 0. The van der Waals surface area contributed by atoms with Gasteiger partial charge in [0, 0.05) is 44.3 Å². The lowest BCUT2D eigenvalue weighted by Crippen LogP contribution is -3.13. The molecule has 3 aromatic rings. The van der Waals surface area contributed by atoms with Gasteiger partial charge in [0.25, 0.3) is 5.91 Å². The summed E-state index contributed by atoms with van der Waals surface area (Å²) in [5, 5.41) is 1.11. The molecule has 2 heterocycles. The topological polar surface area (TPSA) is 34.0 Å². The SMILES string of the molecule is Cc1ccccc1C(=O)N(C)CC(CC[NH+]1CCC2(CC1)OCc1ccccc12)c1ccc(Cl)c(Cl)c1.[Cl-]. The average Bonchev–Trinajstić information content (AvgIpc) is 3.27. The third kappa shape index (κ3) is 6.05. The summed E-state index contributed by atoms with van der Waals surface area (Å²) in [6.45, 7) is 6.54. The maximum absolute atomic E-state index is 13.3. The van der Waals surface area contributed by atoms with Crippen molar-refractivity contribution >= 4 is 29.1 Å². The number of carbonyl (C=O) groups excluding carboxylic acids is 1. The Bertz CT molecular complexity index is 1270. The van der Waals surface area contributed by atoms with E-state index in [-0.39, 0.29) is 29.8 Å². The van der Waals surface area contributed by atoms with E-state index in [1.807, 2.05) is 55.3 Å². The number of carbonyl (C=O) groups is 1. The Balaban J connectivity index is 0.00000336. The fraction of sp³-hybridized carbons (Fsp3) is 0.387. The first-order valence-corrected chi connectivity index (χ1v) is 13.9. The number of ether oxygens (including phenoxy) is 1. The highest BCUT2D eigenvalue weighted by molar-refractivity contribution is 6.42. The van der Waals surface area contributed by atoms with Gasteiger partial charge < -0.3 is 26.9 Å². The summed E-state index contributed by atoms with van der Waals surface area (Å²) in [5.41, 5.74) is 5.49. The first kappa shape index (κ1) is 28.9. The van der Waals surface area contributed by atoms with Crippen molar-refractivity contribution < 1.29 is 26.8 Å². The van der Waals surface area contributed by atoms with Crippen LogP contribution in [0, 0.1) is 6.92 Å². The first-order chi connectivity index (χ1) is 17.9. The lowest BCUT2D eigenvalue weighted by Gasteiger charge is -2.37. The Morgan fingerprint density at radius 3 is 2.47 bits per heavy atom. The third-order valence-electron chi connectivity index (χ3n) is 8.25. The van der Waals surface area contributed by atoms with Crippen LogP contribution in [0.4, 0.5) is 0 Å². The maximum atomic E-state index is 13.3. The lowest BCUT2D eigenvalue weighted by molar-refractivity contribution is -0.908. The number of fused-ring (bicyclic) bond motifs is 2. The van der Waals surface area contributed by atoms with Crippen LogP contribution in [0.15, 0.2) is 66.7 Å². The summed E-state index contributed by atoms with van der Waals surface area (Å²) in [5.74, 6) is 0.215. The number of benzene rings is 3. The molecule has 5 rings (SSSR count). The first-order valence-electron chi connectivity index (χ1n) is 13.2. The van der Waals surface area contributed by atoms with Gasteiger partial charge in [-0.2, -0.15) is 0 Å². The number of likely N-dealkylation sites (N-methyl/N-ethyl adjacent to an activating group) is 1. The summed E-state index contributed by atoms with van der Waals surface area (Å²) >= 11 is 12.6. The maximum Gasteiger partial charge on any atom is 0.253 e. The van der Waals surface area contributed by atoms with Gasteiger partial charge in [0.05, 0.1) is 36.3 Å². The van der Waals surface area contributed by atoms with Crippen molar-refractivity contribution in [2.75, 3.05) is 33.2 Å². The molecule has 4 nitrogen and oxygen atoms in total. The predicted octanol–water partition coefficient (Wildman–Crippen LogP) is 2.66. The fourth-order valence-electron chi connectivity index (χ4n) is 6.00. The normalized spacial score (nSPS) is 21.0. The molecule has 2 aliphatic rings. The predicted molar refractivity (Wildman–Crippen MR) is 150 cm³/mol. The van der Waals surface area contributed by atoms with Crippen LogP contribution in [0.25, 0.3) is 0 Å². The van der Waals surface area contributed by atoms with Crippen LogP contribution in [-0.4, -0.2) is 44.0 Å². The van der Waals surface area contributed by atoms with Gasteiger partial charge in [0.15, 0.2) is 0 Å². The molecule has 202 valence electrons. The molecule has 38 heavy (non-hydrogen) atoms. The molecular formula is C31H35Cl3N2O2. The molecule has 2 aliphatic heterocycles. The smallest absolute Gasteiger partial charge is 0.253 e. The summed E-state index contributed by atoms with van der Waals surface area (Å²) in [7, 11) is 1.89. The van der Waals surface area contributed by atoms with E-state index in [0.29, 0.717) is 16.6 Å². The van der Waals surface area contributed by atoms with Crippen LogP contribution >= 0.6 is 23.2 Å². The molecule has 1 unspecified atom stereocenters. The zero-order valence-corrected chi connectivity index (χ0v) is 24.3. The number of nitrogens with zero attached hydrogens (tertiary/aromatic N) is 1. The molecule has 1 amide bonds. The highest BCUT2D eigenvalue weighted by Gasteiger charge is 2.44. The van der Waals surface area contributed by atoms with Gasteiger partial charge >= 0.3 is 0 Å². The zero-order chi connectivity index (χ0) is 26.0. The quantitative estimate of drug-likeness (QED) is 0.472. The van der Waals surface area contributed by atoms with E-state index >= 15 is 0 Å². The number of hydrogen-bond donors (Lipinski definition) is 1. The highest BCUT2D eigenvalue weighted by atomic mass is 35.5. The molecule has 1 fully saturated rings. The van der Waals surface area contributed by atoms with E-state index in [0.717, 1.165) is 62.2 Å². The van der Waals surface area contributed by atoms with Crippen molar-refractivity contribution in [3.05, 3.63) is 105 Å². The molecule has 1 saturated heterocycles. The van der Waals surface area contributed by atoms with E-state index in [9.17, 15) is 4.79 Å². The minimum atomic E-state index is -0.108. The molecule has 1 atom stereocenters. The van der Waals surface area contributed by atoms with Crippen molar-refractivity contribution in [3.63, 3.8) is 0 Å². The number of piperidine rings is 1. The second kappa shape index (κ2) is 12.4. The Kier molecular flexibility index (Phi) is 9.44. The average molecular weight is 574 g/mol. The molecule has 0 bridgehead atoms. The van der Waals surface area contributed by atoms with Crippen molar-refractivity contribution in [2.24, 2.45) is 0 Å². The second-order valence-corrected chi connectivity index (χ2v) is 11.4. The monoisotopic (exact) mass is 572 g/mol. The number of rotatable bonds is 7. The summed E-state index contributed by atoms with van der Waals surface area (Å²) in [6.07, 6.45) is 3.05. The number of likely N-dealkylation sites (tertiary alicyclic amines) is 1.